The Morgan fingerprint density at radius 1 is 1.12 bits per heavy atom. The van der Waals surface area contributed by atoms with Gasteiger partial charge in [0, 0.05) is 40.4 Å². The standard InChI is InChI=1S/C16H22N4O5S/c1-17(2)16(23)20-8-7-19(12-9-26(24,25)10-13(12)20)15(22)11-5-4-6-18(3)14(11)21/h4-6,12-13H,7-10H2,1-3H3/t12-,13+/m1/s1. The molecule has 142 valence electrons. The maximum Gasteiger partial charge on any atom is 0.319 e. The van der Waals surface area contributed by atoms with Crippen molar-refractivity contribution in [1.29, 1.82) is 0 Å². The van der Waals surface area contributed by atoms with Gasteiger partial charge in [0.15, 0.2) is 9.84 Å². The molecule has 0 aromatic carbocycles. The van der Waals surface area contributed by atoms with Gasteiger partial charge in [0.1, 0.15) is 5.56 Å². The molecule has 2 aliphatic heterocycles. The molecule has 0 aliphatic carbocycles. The molecule has 0 radical (unpaired) electrons. The van der Waals surface area contributed by atoms with Gasteiger partial charge in [-0.3, -0.25) is 9.59 Å². The molecule has 1 aromatic rings. The van der Waals surface area contributed by atoms with Gasteiger partial charge in [-0.15, -0.1) is 0 Å². The molecule has 2 fully saturated rings. The highest BCUT2D eigenvalue weighted by molar-refractivity contribution is 7.91. The van der Waals surface area contributed by atoms with Crippen LogP contribution >= 0.6 is 0 Å². The van der Waals surface area contributed by atoms with Crippen LogP contribution in [-0.2, 0) is 16.9 Å². The summed E-state index contributed by atoms with van der Waals surface area (Å²) in [4.78, 5) is 41.9. The van der Waals surface area contributed by atoms with Gasteiger partial charge in [0.2, 0.25) is 0 Å². The number of nitrogens with zero attached hydrogens (tertiary/aromatic N) is 4. The maximum absolute atomic E-state index is 12.9. The molecule has 0 bridgehead atoms. The van der Waals surface area contributed by atoms with Crippen LogP contribution in [-0.4, -0.2) is 90.4 Å². The number of urea groups is 1. The molecular formula is C16H22N4O5S. The fourth-order valence-electron chi connectivity index (χ4n) is 3.61. The number of carbonyl (C=O) groups excluding carboxylic acids is 2. The summed E-state index contributed by atoms with van der Waals surface area (Å²) in [7, 11) is 1.38. The molecule has 3 heterocycles. The largest absolute Gasteiger partial charge is 0.331 e. The minimum absolute atomic E-state index is 0.00503. The number of rotatable bonds is 1. The number of aryl methyl sites for hydroxylation is 1. The number of carbonyl (C=O) groups is 2. The lowest BCUT2D eigenvalue weighted by Crippen LogP contribution is -2.63. The number of pyridine rings is 1. The number of hydrogen-bond acceptors (Lipinski definition) is 5. The van der Waals surface area contributed by atoms with Gasteiger partial charge >= 0.3 is 6.03 Å². The first-order valence-corrected chi connectivity index (χ1v) is 10.1. The van der Waals surface area contributed by atoms with E-state index in [1.54, 1.807) is 33.4 Å². The predicted molar refractivity (Wildman–Crippen MR) is 94.7 cm³/mol. The summed E-state index contributed by atoms with van der Waals surface area (Å²) in [5, 5.41) is 0. The van der Waals surface area contributed by atoms with Crippen LogP contribution in [0.5, 0.6) is 0 Å². The maximum atomic E-state index is 12.9. The number of amides is 3. The smallest absolute Gasteiger partial charge is 0.319 e. The molecule has 10 heteroatoms. The van der Waals surface area contributed by atoms with E-state index in [-0.39, 0.29) is 36.2 Å². The van der Waals surface area contributed by atoms with Crippen molar-refractivity contribution in [2.75, 3.05) is 38.7 Å². The highest BCUT2D eigenvalue weighted by Crippen LogP contribution is 2.28. The summed E-state index contributed by atoms with van der Waals surface area (Å²) < 4.78 is 25.7. The third kappa shape index (κ3) is 3.09. The van der Waals surface area contributed by atoms with E-state index < -0.39 is 33.4 Å². The minimum atomic E-state index is -3.38. The second-order valence-electron chi connectivity index (χ2n) is 6.92. The Labute approximate surface area is 151 Å². The van der Waals surface area contributed by atoms with Crippen molar-refractivity contribution in [2.24, 2.45) is 7.05 Å². The zero-order valence-electron chi connectivity index (χ0n) is 15.0. The van der Waals surface area contributed by atoms with E-state index >= 15 is 0 Å². The summed E-state index contributed by atoms with van der Waals surface area (Å²) >= 11 is 0. The van der Waals surface area contributed by atoms with Gasteiger partial charge < -0.3 is 19.3 Å². The van der Waals surface area contributed by atoms with Crippen LogP contribution in [0.15, 0.2) is 23.1 Å². The second-order valence-corrected chi connectivity index (χ2v) is 9.07. The molecule has 0 saturated carbocycles. The van der Waals surface area contributed by atoms with Crippen molar-refractivity contribution in [2.45, 2.75) is 12.1 Å². The van der Waals surface area contributed by atoms with Crippen LogP contribution in [0.4, 0.5) is 4.79 Å². The average molecular weight is 382 g/mol. The lowest BCUT2D eigenvalue weighted by atomic mass is 10.0. The van der Waals surface area contributed by atoms with Gasteiger partial charge in [-0.1, -0.05) is 0 Å². The SMILES string of the molecule is CN(C)C(=O)N1CCN(C(=O)c2cccn(C)c2=O)[C@@H]2CS(=O)(=O)C[C@@H]21. The van der Waals surface area contributed by atoms with Crippen LogP contribution in [0.3, 0.4) is 0 Å². The molecule has 1 aromatic heterocycles. The van der Waals surface area contributed by atoms with Gasteiger partial charge in [0.05, 0.1) is 23.6 Å². The summed E-state index contributed by atoms with van der Waals surface area (Å²) in [5.41, 5.74) is -0.424. The molecule has 3 rings (SSSR count). The first-order valence-electron chi connectivity index (χ1n) is 8.27. The van der Waals surface area contributed by atoms with Crippen molar-refractivity contribution >= 4 is 21.8 Å². The Balaban J connectivity index is 1.96. The van der Waals surface area contributed by atoms with Crippen molar-refractivity contribution in [3.05, 3.63) is 34.2 Å². The van der Waals surface area contributed by atoms with Crippen molar-refractivity contribution in [1.82, 2.24) is 19.3 Å². The first-order chi connectivity index (χ1) is 12.1. The molecule has 2 aliphatic rings. The Hall–Kier alpha value is -2.36. The van der Waals surface area contributed by atoms with Crippen LogP contribution in [0.2, 0.25) is 0 Å². The molecule has 9 nitrogen and oxygen atoms in total. The summed E-state index contributed by atoms with van der Waals surface area (Å²) in [6.45, 7) is 0.416. The number of piperazine rings is 1. The molecule has 0 N–H and O–H groups in total. The summed E-state index contributed by atoms with van der Waals surface area (Å²) in [6.07, 6.45) is 1.55. The Morgan fingerprint density at radius 3 is 2.31 bits per heavy atom. The normalized spacial score (nSPS) is 24.3. The first kappa shape index (κ1) is 18.4. The Kier molecular flexibility index (Phi) is 4.55. The van der Waals surface area contributed by atoms with E-state index in [9.17, 15) is 22.8 Å². The predicted octanol–water partition coefficient (Wildman–Crippen LogP) is -1.01. The van der Waals surface area contributed by atoms with Crippen LogP contribution in [0, 0.1) is 0 Å². The topological polar surface area (TPSA) is 100 Å². The number of sulfone groups is 1. The second kappa shape index (κ2) is 6.42. The van der Waals surface area contributed by atoms with Crippen LogP contribution in [0.25, 0.3) is 0 Å². The quantitative estimate of drug-likeness (QED) is 0.620. The highest BCUT2D eigenvalue weighted by Gasteiger charge is 2.50. The lowest BCUT2D eigenvalue weighted by Gasteiger charge is -2.44. The van der Waals surface area contributed by atoms with E-state index in [1.165, 1.54) is 25.3 Å². The van der Waals surface area contributed by atoms with E-state index in [0.717, 1.165) is 0 Å². The van der Waals surface area contributed by atoms with E-state index in [2.05, 4.69) is 0 Å². The van der Waals surface area contributed by atoms with Crippen molar-refractivity contribution < 1.29 is 18.0 Å². The summed E-state index contributed by atoms with van der Waals surface area (Å²) in [6, 6.07) is 1.53. The van der Waals surface area contributed by atoms with E-state index in [0.29, 0.717) is 0 Å². The monoisotopic (exact) mass is 382 g/mol. The Morgan fingerprint density at radius 2 is 1.69 bits per heavy atom. The number of hydrogen-bond donors (Lipinski definition) is 0. The van der Waals surface area contributed by atoms with Crippen molar-refractivity contribution in [3.63, 3.8) is 0 Å². The average Bonchev–Trinajstić information content (AvgIpc) is 2.90. The summed E-state index contributed by atoms with van der Waals surface area (Å²) in [5.74, 6) is -0.864. The number of aromatic nitrogens is 1. The zero-order chi connectivity index (χ0) is 19.2. The third-order valence-electron chi connectivity index (χ3n) is 4.92. The van der Waals surface area contributed by atoms with Gasteiger partial charge in [-0.05, 0) is 12.1 Å². The van der Waals surface area contributed by atoms with Crippen LogP contribution in [0.1, 0.15) is 10.4 Å². The van der Waals surface area contributed by atoms with Gasteiger partial charge in [-0.2, -0.15) is 0 Å². The van der Waals surface area contributed by atoms with Crippen molar-refractivity contribution in [3.8, 4) is 0 Å². The fraction of sp³-hybridized carbons (Fsp3) is 0.562. The van der Waals surface area contributed by atoms with E-state index in [4.69, 9.17) is 0 Å². The molecule has 2 saturated heterocycles. The van der Waals surface area contributed by atoms with E-state index in [1.807, 2.05) is 0 Å². The molecule has 26 heavy (non-hydrogen) atoms. The number of fused-ring (bicyclic) bond motifs is 1. The lowest BCUT2D eigenvalue weighted by molar-refractivity contribution is 0.0391. The third-order valence-corrected chi connectivity index (χ3v) is 6.62. The zero-order valence-corrected chi connectivity index (χ0v) is 15.8. The molecule has 0 unspecified atom stereocenters. The Bertz CT molecular complexity index is 907. The molecule has 0 spiro atoms. The molecule has 3 amide bonds. The van der Waals surface area contributed by atoms with Gasteiger partial charge in [0.25, 0.3) is 11.5 Å². The molecule has 2 atom stereocenters. The minimum Gasteiger partial charge on any atom is -0.331 e. The highest BCUT2D eigenvalue weighted by atomic mass is 32.2. The van der Waals surface area contributed by atoms with Crippen LogP contribution < -0.4 is 5.56 Å². The molecular weight excluding hydrogens is 360 g/mol. The van der Waals surface area contributed by atoms with Gasteiger partial charge in [-0.25, -0.2) is 13.2 Å². The fourth-order valence-corrected chi connectivity index (χ4v) is 5.60.